The van der Waals surface area contributed by atoms with Crippen LogP contribution in [-0.2, 0) is 17.6 Å². The van der Waals surface area contributed by atoms with Crippen LogP contribution in [0.25, 0.3) is 0 Å². The van der Waals surface area contributed by atoms with Gasteiger partial charge < -0.3 is 9.84 Å². The molecule has 0 saturated heterocycles. The Morgan fingerprint density at radius 2 is 2.19 bits per heavy atom. The van der Waals surface area contributed by atoms with Gasteiger partial charge in [-0.05, 0) is 42.5 Å². The van der Waals surface area contributed by atoms with Crippen molar-refractivity contribution in [1.82, 2.24) is 0 Å². The van der Waals surface area contributed by atoms with Crippen molar-refractivity contribution in [2.45, 2.75) is 52.4 Å². The summed E-state index contributed by atoms with van der Waals surface area (Å²) in [4.78, 5) is 11.9. The molecule has 0 spiro atoms. The Hall–Kier alpha value is -1.03. The number of fused-ring (bicyclic) bond motifs is 1. The first-order valence-corrected chi connectivity index (χ1v) is 8.49. The van der Waals surface area contributed by atoms with Gasteiger partial charge in [0.15, 0.2) is 0 Å². The number of carboxylic acids is 1. The van der Waals surface area contributed by atoms with Crippen LogP contribution in [0.5, 0.6) is 5.75 Å². The largest absolute Gasteiger partial charge is 0.493 e. The fourth-order valence-corrected chi connectivity index (χ4v) is 3.63. The maximum atomic E-state index is 11.9. The average molecular weight is 355 g/mol. The highest BCUT2D eigenvalue weighted by Gasteiger charge is 2.37. The molecule has 1 aromatic carbocycles. The molecule has 4 heteroatoms. The topological polar surface area (TPSA) is 46.5 Å². The molecule has 0 aliphatic carbocycles. The summed E-state index contributed by atoms with van der Waals surface area (Å²) in [7, 11) is 0. The van der Waals surface area contributed by atoms with E-state index in [-0.39, 0.29) is 0 Å². The third kappa shape index (κ3) is 3.42. The van der Waals surface area contributed by atoms with Gasteiger partial charge in [0.2, 0.25) is 0 Å². The lowest BCUT2D eigenvalue weighted by Crippen LogP contribution is -2.33. The van der Waals surface area contributed by atoms with E-state index in [9.17, 15) is 9.90 Å². The van der Waals surface area contributed by atoms with Gasteiger partial charge in [0.05, 0.1) is 12.0 Å². The molecule has 0 bridgehead atoms. The van der Waals surface area contributed by atoms with Crippen molar-refractivity contribution < 1.29 is 14.6 Å². The van der Waals surface area contributed by atoms with Crippen LogP contribution < -0.4 is 4.74 Å². The Morgan fingerprint density at radius 1 is 1.43 bits per heavy atom. The van der Waals surface area contributed by atoms with E-state index in [0.29, 0.717) is 19.4 Å². The number of benzene rings is 1. The predicted octanol–water partition coefficient (Wildman–Crippen LogP) is 4.60. The molecule has 0 radical (unpaired) electrons. The highest BCUT2D eigenvalue weighted by Crippen LogP contribution is 2.40. The molecule has 0 fully saturated rings. The van der Waals surface area contributed by atoms with E-state index in [0.717, 1.165) is 41.5 Å². The number of halogens is 1. The maximum absolute atomic E-state index is 11.9. The van der Waals surface area contributed by atoms with Gasteiger partial charge in [0.1, 0.15) is 5.75 Å². The molecular weight excluding hydrogens is 332 g/mol. The molecule has 3 nitrogen and oxygen atoms in total. The minimum absolute atomic E-state index is 0.542. The van der Waals surface area contributed by atoms with E-state index >= 15 is 0 Å². The third-order valence-corrected chi connectivity index (χ3v) is 4.95. The van der Waals surface area contributed by atoms with Gasteiger partial charge in [-0.1, -0.05) is 42.6 Å². The van der Waals surface area contributed by atoms with E-state index in [4.69, 9.17) is 4.74 Å². The number of hydrogen-bond donors (Lipinski definition) is 1. The Morgan fingerprint density at radius 3 is 2.81 bits per heavy atom. The molecule has 116 valence electrons. The number of rotatable bonds is 7. The quantitative estimate of drug-likeness (QED) is 0.778. The third-order valence-electron chi connectivity index (χ3n) is 4.49. The molecule has 0 aromatic heterocycles. The minimum Gasteiger partial charge on any atom is -0.493 e. The van der Waals surface area contributed by atoms with Crippen molar-refractivity contribution >= 4 is 21.9 Å². The maximum Gasteiger partial charge on any atom is 0.309 e. The van der Waals surface area contributed by atoms with E-state index in [1.165, 1.54) is 5.56 Å². The lowest BCUT2D eigenvalue weighted by molar-refractivity contribution is -0.149. The second-order valence-electron chi connectivity index (χ2n) is 5.87. The number of unbranched alkanes of at least 4 members (excludes halogenated alkanes) is 1. The van der Waals surface area contributed by atoms with E-state index < -0.39 is 11.4 Å². The van der Waals surface area contributed by atoms with Crippen molar-refractivity contribution in [2.24, 2.45) is 5.41 Å². The molecule has 1 N–H and O–H groups in total. The molecule has 1 aromatic rings. The SMILES string of the molecule is CCCCC(CC)(Cc1cc(Br)cc2c1OCC2)C(=O)O. The monoisotopic (exact) mass is 354 g/mol. The first-order chi connectivity index (χ1) is 10.0. The van der Waals surface area contributed by atoms with Crippen LogP contribution in [0.2, 0.25) is 0 Å². The summed E-state index contributed by atoms with van der Waals surface area (Å²) in [5.74, 6) is 0.221. The smallest absolute Gasteiger partial charge is 0.309 e. The number of carboxylic acid groups (broad SMARTS) is 1. The molecule has 1 atom stereocenters. The predicted molar refractivity (Wildman–Crippen MR) is 86.9 cm³/mol. The summed E-state index contributed by atoms with van der Waals surface area (Å²) in [6.45, 7) is 4.77. The molecule has 1 aliphatic rings. The fourth-order valence-electron chi connectivity index (χ4n) is 3.08. The minimum atomic E-state index is -0.690. The lowest BCUT2D eigenvalue weighted by Gasteiger charge is -2.29. The van der Waals surface area contributed by atoms with Crippen molar-refractivity contribution in [2.75, 3.05) is 6.61 Å². The zero-order valence-corrected chi connectivity index (χ0v) is 14.3. The number of aliphatic carboxylic acids is 1. The van der Waals surface area contributed by atoms with Gasteiger partial charge in [0, 0.05) is 10.9 Å². The van der Waals surface area contributed by atoms with Crippen molar-refractivity contribution in [3.05, 3.63) is 27.7 Å². The van der Waals surface area contributed by atoms with E-state index in [2.05, 4.69) is 28.9 Å². The van der Waals surface area contributed by atoms with Crippen LogP contribution in [0, 0.1) is 5.41 Å². The van der Waals surface area contributed by atoms with Crippen molar-refractivity contribution in [3.63, 3.8) is 0 Å². The second kappa shape index (κ2) is 6.82. The zero-order chi connectivity index (χ0) is 15.5. The molecule has 0 amide bonds. The Labute approximate surface area is 134 Å². The number of carbonyl (C=O) groups is 1. The van der Waals surface area contributed by atoms with Crippen LogP contribution in [0.4, 0.5) is 0 Å². The summed E-state index contributed by atoms with van der Waals surface area (Å²) >= 11 is 3.53. The number of hydrogen-bond acceptors (Lipinski definition) is 2. The Bertz CT molecular complexity index is 527. The Kier molecular flexibility index (Phi) is 5.31. The molecule has 21 heavy (non-hydrogen) atoms. The van der Waals surface area contributed by atoms with Crippen LogP contribution in [0.15, 0.2) is 16.6 Å². The van der Waals surface area contributed by atoms with Gasteiger partial charge >= 0.3 is 5.97 Å². The summed E-state index contributed by atoms with van der Waals surface area (Å²) in [6, 6.07) is 4.09. The molecular formula is C17H23BrO3. The van der Waals surface area contributed by atoms with Gasteiger partial charge in [-0.15, -0.1) is 0 Å². The molecule has 0 saturated carbocycles. The van der Waals surface area contributed by atoms with Crippen molar-refractivity contribution in [1.29, 1.82) is 0 Å². The summed E-state index contributed by atoms with van der Waals surface area (Å²) in [6.07, 6.45) is 4.77. The first kappa shape index (κ1) is 16.3. The van der Waals surface area contributed by atoms with Gasteiger partial charge in [-0.3, -0.25) is 4.79 Å². The molecule has 1 heterocycles. The van der Waals surface area contributed by atoms with Crippen LogP contribution in [0.1, 0.15) is 50.7 Å². The molecule has 2 rings (SSSR count). The van der Waals surface area contributed by atoms with Crippen LogP contribution >= 0.6 is 15.9 Å². The second-order valence-corrected chi connectivity index (χ2v) is 6.79. The van der Waals surface area contributed by atoms with Gasteiger partial charge in [0.25, 0.3) is 0 Å². The zero-order valence-electron chi connectivity index (χ0n) is 12.7. The summed E-state index contributed by atoms with van der Waals surface area (Å²) < 4.78 is 6.75. The van der Waals surface area contributed by atoms with E-state index in [1.807, 2.05) is 13.0 Å². The molecule has 1 unspecified atom stereocenters. The highest BCUT2D eigenvalue weighted by atomic mass is 79.9. The Balaban J connectivity index is 2.35. The molecule has 1 aliphatic heterocycles. The standard InChI is InChI=1S/C17H23BrO3/c1-3-5-7-17(4-2,16(19)20)11-13-10-14(18)9-12-6-8-21-15(12)13/h9-10H,3-8,11H2,1-2H3,(H,19,20). The van der Waals surface area contributed by atoms with Crippen LogP contribution in [-0.4, -0.2) is 17.7 Å². The van der Waals surface area contributed by atoms with Gasteiger partial charge in [-0.2, -0.15) is 0 Å². The van der Waals surface area contributed by atoms with E-state index in [1.54, 1.807) is 0 Å². The first-order valence-electron chi connectivity index (χ1n) is 7.70. The summed E-state index contributed by atoms with van der Waals surface area (Å²) in [5.41, 5.74) is 1.53. The lowest BCUT2D eigenvalue weighted by atomic mass is 9.75. The van der Waals surface area contributed by atoms with Gasteiger partial charge in [-0.25, -0.2) is 0 Å². The van der Waals surface area contributed by atoms with Crippen LogP contribution in [0.3, 0.4) is 0 Å². The highest BCUT2D eigenvalue weighted by molar-refractivity contribution is 9.10. The summed E-state index contributed by atoms with van der Waals surface area (Å²) in [5, 5.41) is 9.78. The van der Waals surface area contributed by atoms with Crippen molar-refractivity contribution in [3.8, 4) is 5.75 Å². The average Bonchev–Trinajstić information content (AvgIpc) is 2.91. The fraction of sp³-hybridized carbons (Fsp3) is 0.588. The normalized spacial score (nSPS) is 16.1. The number of ether oxygens (including phenoxy) is 1.